The number of nitrogens with one attached hydrogen (secondary N) is 1. The number of carbonyl (C=O) groups excluding carboxylic acids is 1. The van der Waals surface area contributed by atoms with Crippen molar-refractivity contribution >= 4 is 34.2 Å². The highest BCUT2D eigenvalue weighted by Gasteiger charge is 2.35. The van der Waals surface area contributed by atoms with E-state index in [0.717, 1.165) is 17.7 Å². The summed E-state index contributed by atoms with van der Waals surface area (Å²) in [7, 11) is 1.78. The Morgan fingerprint density at radius 1 is 1.23 bits per heavy atom. The number of benzene rings is 2. The van der Waals surface area contributed by atoms with Crippen molar-refractivity contribution in [2.75, 3.05) is 19.7 Å². The molecular weight excluding hydrogens is 533 g/mol. The molecule has 3 aromatic rings. The number of hydrogen-bond donors (Lipinski definition) is 3. The summed E-state index contributed by atoms with van der Waals surface area (Å²) in [5.41, 5.74) is 4.20. The van der Waals surface area contributed by atoms with Crippen LogP contribution in [0.1, 0.15) is 46.4 Å². The van der Waals surface area contributed by atoms with Gasteiger partial charge in [-0.15, -0.1) is 0 Å². The fraction of sp³-hybridized carbons (Fsp3) is 0.407. The van der Waals surface area contributed by atoms with Crippen LogP contribution < -0.4 is 17.1 Å². The predicted molar refractivity (Wildman–Crippen MR) is 145 cm³/mol. The Kier molecular flexibility index (Phi) is 9.04. The molecule has 0 spiro atoms. The highest BCUT2D eigenvalue weighted by Crippen LogP contribution is 2.36. The first-order valence-electron chi connectivity index (χ1n) is 12.7. The van der Waals surface area contributed by atoms with Crippen LogP contribution in [-0.2, 0) is 31.0 Å². The molecule has 210 valence electrons. The van der Waals surface area contributed by atoms with Crippen LogP contribution in [0.3, 0.4) is 0 Å². The Bertz CT molecular complexity index is 1360. The topological polar surface area (TPSA) is 111 Å². The number of fused-ring (bicyclic) bond motifs is 1. The lowest BCUT2D eigenvalue weighted by molar-refractivity contribution is -0.137. The lowest BCUT2D eigenvalue weighted by Gasteiger charge is -2.18. The Hall–Kier alpha value is -3.28. The van der Waals surface area contributed by atoms with Crippen molar-refractivity contribution in [3.8, 4) is 0 Å². The van der Waals surface area contributed by atoms with E-state index in [4.69, 9.17) is 28.0 Å². The lowest BCUT2D eigenvalue weighted by atomic mass is 10.0. The summed E-state index contributed by atoms with van der Waals surface area (Å²) in [6.45, 7) is 1.65. The molecule has 1 atom stereocenters. The molecule has 2 aromatic carbocycles. The summed E-state index contributed by atoms with van der Waals surface area (Å²) in [4.78, 5) is 15.4. The zero-order valence-electron chi connectivity index (χ0n) is 21.6. The van der Waals surface area contributed by atoms with E-state index >= 15 is 0 Å². The van der Waals surface area contributed by atoms with Crippen molar-refractivity contribution < 1.29 is 22.7 Å². The maximum Gasteiger partial charge on any atom is 0.416 e. The van der Waals surface area contributed by atoms with Crippen molar-refractivity contribution in [1.82, 2.24) is 14.9 Å². The number of unbranched alkanes of at least 4 members (excludes halogenated alkanes) is 1. The fourth-order valence-corrected chi connectivity index (χ4v) is 5.32. The third kappa shape index (κ3) is 6.48. The van der Waals surface area contributed by atoms with E-state index in [0.29, 0.717) is 79.6 Å². The van der Waals surface area contributed by atoms with Gasteiger partial charge in [0, 0.05) is 54.3 Å². The molecule has 39 heavy (non-hydrogen) atoms. The van der Waals surface area contributed by atoms with E-state index in [1.54, 1.807) is 18.0 Å². The second-order valence-electron chi connectivity index (χ2n) is 9.65. The zero-order valence-corrected chi connectivity index (χ0v) is 22.4. The number of aryl methyl sites for hydroxylation is 1. The van der Waals surface area contributed by atoms with Crippen molar-refractivity contribution in [1.29, 1.82) is 0 Å². The largest absolute Gasteiger partial charge is 0.416 e. The van der Waals surface area contributed by atoms with E-state index in [1.807, 2.05) is 22.8 Å². The second-order valence-corrected chi connectivity index (χ2v) is 10.1. The molecule has 4 rings (SSSR count). The van der Waals surface area contributed by atoms with Crippen LogP contribution >= 0.6 is 11.6 Å². The lowest BCUT2D eigenvalue weighted by Crippen LogP contribution is -2.39. The summed E-state index contributed by atoms with van der Waals surface area (Å²) >= 11 is 6.01. The van der Waals surface area contributed by atoms with Crippen molar-refractivity contribution in [3.05, 3.63) is 69.9 Å². The number of nitrogens with two attached hydrogens (primary N) is 2. The molecule has 0 saturated carbocycles. The monoisotopic (exact) mass is 564 g/mol. The number of alkyl halides is 3. The number of amidine groups is 1. The molecule has 1 fully saturated rings. The average Bonchev–Trinajstić information content (AvgIpc) is 3.49. The Morgan fingerprint density at radius 3 is 2.72 bits per heavy atom. The summed E-state index contributed by atoms with van der Waals surface area (Å²) in [5, 5.41) is 4.58. The quantitative estimate of drug-likeness (QED) is 0.116. The standard InChI is InChI=1S/C27H32ClF3N6O2/c1-36-22-9-8-19(27(29,30)31)14-21(22)24(26(38)37-11-10-18(15-37)25(34-32)35-33)23(36)7-2-3-12-39-16-17-5-4-6-20(28)13-17/h4-6,8-9,13-14,18H,2-3,7,10-12,15-16,32-33H2,1H3,(H,34,35). The van der Waals surface area contributed by atoms with Crippen LogP contribution in [0.15, 0.2) is 47.6 Å². The van der Waals surface area contributed by atoms with Crippen molar-refractivity contribution in [3.63, 3.8) is 0 Å². The third-order valence-electron chi connectivity index (χ3n) is 7.12. The zero-order chi connectivity index (χ0) is 28.2. The molecule has 0 aliphatic carbocycles. The molecule has 1 aliphatic rings. The number of rotatable bonds is 9. The minimum Gasteiger partial charge on any atom is -0.377 e. The molecule has 1 saturated heterocycles. The molecular formula is C27H32ClF3N6O2. The minimum atomic E-state index is -4.52. The van der Waals surface area contributed by atoms with E-state index in [2.05, 4.69) is 10.5 Å². The number of hydrogen-bond acceptors (Lipinski definition) is 5. The molecule has 1 amide bonds. The summed E-state index contributed by atoms with van der Waals surface area (Å²) < 4.78 is 48.3. The van der Waals surface area contributed by atoms with E-state index in [-0.39, 0.29) is 17.2 Å². The van der Waals surface area contributed by atoms with Gasteiger partial charge in [-0.05, 0) is 61.6 Å². The Labute approximate surface area is 229 Å². The number of carbonyl (C=O) groups is 1. The number of aromatic nitrogens is 1. The molecule has 1 aliphatic heterocycles. The number of halogens is 4. The summed E-state index contributed by atoms with van der Waals surface area (Å²) in [6.07, 6.45) is -2.03. The van der Waals surface area contributed by atoms with Gasteiger partial charge in [-0.3, -0.25) is 4.79 Å². The first-order chi connectivity index (χ1) is 18.6. The van der Waals surface area contributed by atoms with Crippen LogP contribution in [0.5, 0.6) is 0 Å². The maximum absolute atomic E-state index is 13.8. The van der Waals surface area contributed by atoms with E-state index in [9.17, 15) is 18.0 Å². The molecule has 1 aromatic heterocycles. The first-order valence-corrected chi connectivity index (χ1v) is 13.1. The number of amides is 1. The molecule has 12 heteroatoms. The van der Waals surface area contributed by atoms with Crippen molar-refractivity contribution in [2.24, 2.45) is 29.8 Å². The molecule has 1 unspecified atom stereocenters. The van der Waals surface area contributed by atoms with Crippen LogP contribution in [-0.4, -0.2) is 40.9 Å². The van der Waals surface area contributed by atoms with Gasteiger partial charge in [-0.25, -0.2) is 5.84 Å². The minimum absolute atomic E-state index is 0.176. The van der Waals surface area contributed by atoms with Gasteiger partial charge in [0.25, 0.3) is 5.91 Å². The van der Waals surface area contributed by atoms with Crippen LogP contribution in [0, 0.1) is 5.92 Å². The molecule has 2 heterocycles. The normalized spacial score (nSPS) is 16.3. The maximum atomic E-state index is 13.8. The smallest absolute Gasteiger partial charge is 0.377 e. The number of hydrazone groups is 1. The predicted octanol–water partition coefficient (Wildman–Crippen LogP) is 4.59. The van der Waals surface area contributed by atoms with Gasteiger partial charge in [0.05, 0.1) is 17.7 Å². The third-order valence-corrected chi connectivity index (χ3v) is 7.36. The second kappa shape index (κ2) is 12.3. The first kappa shape index (κ1) is 28.7. The van der Waals surface area contributed by atoms with Crippen LogP contribution in [0.2, 0.25) is 5.02 Å². The van der Waals surface area contributed by atoms with Crippen LogP contribution in [0.25, 0.3) is 10.9 Å². The Morgan fingerprint density at radius 2 is 2.03 bits per heavy atom. The number of ether oxygens (including phenoxy) is 1. The summed E-state index contributed by atoms with van der Waals surface area (Å²) in [6, 6.07) is 11.0. The number of nitrogens with zero attached hydrogens (tertiary/aromatic N) is 3. The number of likely N-dealkylation sites (tertiary alicyclic amines) is 1. The van der Waals surface area contributed by atoms with Gasteiger partial charge in [0.15, 0.2) is 0 Å². The molecule has 5 N–H and O–H groups in total. The van der Waals surface area contributed by atoms with E-state index < -0.39 is 11.7 Å². The average molecular weight is 565 g/mol. The van der Waals surface area contributed by atoms with Gasteiger partial charge >= 0.3 is 6.18 Å². The van der Waals surface area contributed by atoms with Gasteiger partial charge < -0.3 is 25.5 Å². The van der Waals surface area contributed by atoms with Crippen molar-refractivity contribution in [2.45, 2.75) is 38.5 Å². The van der Waals surface area contributed by atoms with Gasteiger partial charge in [-0.1, -0.05) is 23.7 Å². The Balaban J connectivity index is 1.53. The van der Waals surface area contributed by atoms with Gasteiger partial charge in [-0.2, -0.15) is 18.3 Å². The summed E-state index contributed by atoms with van der Waals surface area (Å²) in [5.74, 6) is 10.8. The number of hydrazine groups is 1. The van der Waals surface area contributed by atoms with Crippen LogP contribution in [0.4, 0.5) is 13.2 Å². The van der Waals surface area contributed by atoms with Gasteiger partial charge in [0.1, 0.15) is 5.84 Å². The highest BCUT2D eigenvalue weighted by atomic mass is 35.5. The fourth-order valence-electron chi connectivity index (χ4n) is 5.10. The SMILES string of the molecule is Cn1c(CCCCOCc2cccc(Cl)c2)c(C(=O)N2CCC(/C(=N/N)NN)C2)c2cc(C(F)(F)F)ccc21. The molecule has 8 nitrogen and oxygen atoms in total. The van der Waals surface area contributed by atoms with E-state index in [1.165, 1.54) is 6.07 Å². The molecule has 0 radical (unpaired) electrons. The molecule has 0 bridgehead atoms. The van der Waals surface area contributed by atoms with Gasteiger partial charge in [0.2, 0.25) is 0 Å². The highest BCUT2D eigenvalue weighted by molar-refractivity contribution is 6.30.